The Morgan fingerprint density at radius 3 is 2.64 bits per heavy atom. The van der Waals surface area contributed by atoms with Gasteiger partial charge < -0.3 is 9.64 Å². The predicted octanol–water partition coefficient (Wildman–Crippen LogP) is 3.34. The molecule has 5 heteroatoms. The van der Waals surface area contributed by atoms with Crippen LogP contribution in [0.2, 0.25) is 0 Å². The molecule has 1 aliphatic rings. The number of methoxy groups -OCH3 is 1. The van der Waals surface area contributed by atoms with E-state index in [1.54, 1.807) is 7.11 Å². The van der Waals surface area contributed by atoms with E-state index in [2.05, 4.69) is 18.1 Å². The number of piperidine rings is 1. The molecule has 1 amide bonds. The number of carbonyl (C=O) groups is 1. The molecule has 0 saturated carbocycles. The highest BCUT2D eigenvalue weighted by atomic mass is 16.5. The lowest BCUT2D eigenvalue weighted by Gasteiger charge is -2.36. The first-order valence-corrected chi connectivity index (χ1v) is 8.98. The summed E-state index contributed by atoms with van der Waals surface area (Å²) in [5.41, 5.74) is 4.01. The second kappa shape index (κ2) is 7.83. The van der Waals surface area contributed by atoms with Gasteiger partial charge in [-0.3, -0.25) is 9.48 Å². The van der Waals surface area contributed by atoms with Crippen molar-refractivity contribution in [2.45, 2.75) is 52.3 Å². The number of amides is 1. The van der Waals surface area contributed by atoms with Crippen molar-refractivity contribution in [1.82, 2.24) is 14.7 Å². The van der Waals surface area contributed by atoms with Crippen molar-refractivity contribution in [1.29, 1.82) is 0 Å². The van der Waals surface area contributed by atoms with Crippen LogP contribution in [-0.2, 0) is 17.9 Å². The van der Waals surface area contributed by atoms with E-state index in [0.29, 0.717) is 6.61 Å². The number of benzene rings is 1. The van der Waals surface area contributed by atoms with Crippen molar-refractivity contribution in [3.8, 4) is 0 Å². The topological polar surface area (TPSA) is 47.4 Å². The van der Waals surface area contributed by atoms with E-state index in [1.807, 2.05) is 40.8 Å². The minimum atomic E-state index is 0.121. The molecule has 2 aromatic rings. The highest BCUT2D eigenvalue weighted by Crippen LogP contribution is 2.22. The van der Waals surface area contributed by atoms with Crippen LogP contribution in [0.15, 0.2) is 30.3 Å². The monoisotopic (exact) mass is 341 g/mol. The summed E-state index contributed by atoms with van der Waals surface area (Å²) in [4.78, 5) is 15.1. The number of likely N-dealkylation sites (tertiary alicyclic amines) is 1. The molecular formula is C20H27N3O2. The van der Waals surface area contributed by atoms with E-state index in [4.69, 9.17) is 4.74 Å². The number of aryl methyl sites for hydroxylation is 2. The highest BCUT2D eigenvalue weighted by Gasteiger charge is 2.28. The van der Waals surface area contributed by atoms with Crippen molar-refractivity contribution in [2.24, 2.45) is 0 Å². The van der Waals surface area contributed by atoms with Crippen LogP contribution in [0.5, 0.6) is 0 Å². The SMILES string of the molecule is COCc1ccc(C(=O)N2CCCC[C@@H]2Cn2nc(C)cc2C)cc1. The van der Waals surface area contributed by atoms with Gasteiger partial charge in [0, 0.05) is 24.9 Å². The van der Waals surface area contributed by atoms with Crippen LogP contribution in [0.1, 0.15) is 46.6 Å². The van der Waals surface area contributed by atoms with E-state index in [1.165, 1.54) is 6.42 Å². The third-order valence-corrected chi connectivity index (χ3v) is 4.89. The Balaban J connectivity index is 1.75. The Bertz CT molecular complexity index is 721. The van der Waals surface area contributed by atoms with E-state index in [-0.39, 0.29) is 11.9 Å². The number of hydrogen-bond acceptors (Lipinski definition) is 3. The molecule has 1 aromatic heterocycles. The van der Waals surface area contributed by atoms with Gasteiger partial charge in [0.1, 0.15) is 0 Å². The van der Waals surface area contributed by atoms with Crippen molar-refractivity contribution in [2.75, 3.05) is 13.7 Å². The molecule has 5 nitrogen and oxygen atoms in total. The maximum absolute atomic E-state index is 13.0. The molecule has 1 atom stereocenters. The molecule has 1 saturated heterocycles. The van der Waals surface area contributed by atoms with Crippen LogP contribution >= 0.6 is 0 Å². The largest absolute Gasteiger partial charge is 0.380 e. The molecule has 1 aromatic carbocycles. The minimum absolute atomic E-state index is 0.121. The number of rotatable bonds is 5. The summed E-state index contributed by atoms with van der Waals surface area (Å²) < 4.78 is 7.17. The molecule has 3 rings (SSSR count). The maximum Gasteiger partial charge on any atom is 0.254 e. The molecule has 0 spiro atoms. The zero-order valence-corrected chi connectivity index (χ0v) is 15.4. The Kier molecular flexibility index (Phi) is 5.53. The van der Waals surface area contributed by atoms with Crippen LogP contribution in [0, 0.1) is 13.8 Å². The number of aromatic nitrogens is 2. The predicted molar refractivity (Wildman–Crippen MR) is 97.5 cm³/mol. The summed E-state index contributed by atoms with van der Waals surface area (Å²) in [5, 5.41) is 4.57. The van der Waals surface area contributed by atoms with Gasteiger partial charge in [0.25, 0.3) is 5.91 Å². The molecule has 1 aliphatic heterocycles. The number of nitrogens with zero attached hydrogens (tertiary/aromatic N) is 3. The first-order valence-electron chi connectivity index (χ1n) is 8.98. The summed E-state index contributed by atoms with van der Waals surface area (Å²) in [6.45, 7) is 6.24. The smallest absolute Gasteiger partial charge is 0.254 e. The van der Waals surface area contributed by atoms with Gasteiger partial charge in [0.05, 0.1) is 24.9 Å². The van der Waals surface area contributed by atoms with Gasteiger partial charge in [0.15, 0.2) is 0 Å². The number of carbonyl (C=O) groups excluding carboxylic acids is 1. The lowest BCUT2D eigenvalue weighted by Crippen LogP contribution is -2.46. The van der Waals surface area contributed by atoms with Gasteiger partial charge in [-0.15, -0.1) is 0 Å². The highest BCUT2D eigenvalue weighted by molar-refractivity contribution is 5.94. The van der Waals surface area contributed by atoms with Gasteiger partial charge in [-0.05, 0) is 56.9 Å². The van der Waals surface area contributed by atoms with Crippen LogP contribution in [0.25, 0.3) is 0 Å². The fraction of sp³-hybridized carbons (Fsp3) is 0.500. The van der Waals surface area contributed by atoms with Crippen LogP contribution in [-0.4, -0.2) is 40.3 Å². The molecule has 1 fully saturated rings. The Morgan fingerprint density at radius 1 is 1.24 bits per heavy atom. The number of ether oxygens (including phenoxy) is 1. The Morgan fingerprint density at radius 2 is 2.00 bits per heavy atom. The molecule has 2 heterocycles. The standard InChI is InChI=1S/C20H27N3O2/c1-15-12-16(2)23(21-15)13-19-6-4-5-11-22(19)20(24)18-9-7-17(8-10-18)14-25-3/h7-10,12,19H,4-6,11,13-14H2,1-3H3/t19-/m1/s1. The first-order chi connectivity index (χ1) is 12.1. The van der Waals surface area contributed by atoms with E-state index >= 15 is 0 Å². The fourth-order valence-electron chi connectivity index (χ4n) is 3.59. The lowest BCUT2D eigenvalue weighted by molar-refractivity contribution is 0.0582. The summed E-state index contributed by atoms with van der Waals surface area (Å²) in [5.74, 6) is 0.121. The second-order valence-corrected chi connectivity index (χ2v) is 6.89. The average molecular weight is 341 g/mol. The summed E-state index contributed by atoms with van der Waals surface area (Å²) >= 11 is 0. The lowest BCUT2D eigenvalue weighted by atomic mass is 10.00. The van der Waals surface area contributed by atoms with Gasteiger partial charge in [0.2, 0.25) is 0 Å². The molecule has 0 N–H and O–H groups in total. The quantitative estimate of drug-likeness (QED) is 0.838. The van der Waals surface area contributed by atoms with Crippen molar-refractivity contribution in [3.05, 3.63) is 52.8 Å². The van der Waals surface area contributed by atoms with Gasteiger partial charge >= 0.3 is 0 Å². The second-order valence-electron chi connectivity index (χ2n) is 6.89. The molecule has 0 aliphatic carbocycles. The minimum Gasteiger partial charge on any atom is -0.380 e. The Labute approximate surface area is 149 Å². The zero-order chi connectivity index (χ0) is 17.8. The molecular weight excluding hydrogens is 314 g/mol. The molecule has 0 bridgehead atoms. The summed E-state index contributed by atoms with van der Waals surface area (Å²) in [6.07, 6.45) is 3.27. The van der Waals surface area contributed by atoms with Gasteiger partial charge in [-0.25, -0.2) is 0 Å². The zero-order valence-electron chi connectivity index (χ0n) is 15.4. The molecule has 25 heavy (non-hydrogen) atoms. The summed E-state index contributed by atoms with van der Waals surface area (Å²) in [7, 11) is 1.68. The van der Waals surface area contributed by atoms with Crippen molar-refractivity contribution < 1.29 is 9.53 Å². The Hall–Kier alpha value is -2.14. The molecule has 0 radical (unpaired) electrons. The molecule has 0 unspecified atom stereocenters. The van der Waals surface area contributed by atoms with Crippen LogP contribution < -0.4 is 0 Å². The van der Waals surface area contributed by atoms with Gasteiger partial charge in [-0.1, -0.05) is 12.1 Å². The van der Waals surface area contributed by atoms with Crippen LogP contribution in [0.3, 0.4) is 0 Å². The van der Waals surface area contributed by atoms with Crippen LogP contribution in [0.4, 0.5) is 0 Å². The number of hydrogen-bond donors (Lipinski definition) is 0. The fourth-order valence-corrected chi connectivity index (χ4v) is 3.59. The normalized spacial score (nSPS) is 17.7. The van der Waals surface area contributed by atoms with E-state index in [9.17, 15) is 4.79 Å². The van der Waals surface area contributed by atoms with E-state index in [0.717, 1.165) is 48.4 Å². The van der Waals surface area contributed by atoms with Crippen molar-refractivity contribution in [3.63, 3.8) is 0 Å². The first kappa shape index (κ1) is 17.7. The third-order valence-electron chi connectivity index (χ3n) is 4.89. The maximum atomic E-state index is 13.0. The molecule has 134 valence electrons. The summed E-state index contributed by atoms with van der Waals surface area (Å²) in [6, 6.07) is 10.0. The van der Waals surface area contributed by atoms with Gasteiger partial charge in [-0.2, -0.15) is 5.10 Å². The third kappa shape index (κ3) is 4.10. The van der Waals surface area contributed by atoms with Crippen molar-refractivity contribution >= 4 is 5.91 Å². The van der Waals surface area contributed by atoms with E-state index < -0.39 is 0 Å². The average Bonchev–Trinajstić information content (AvgIpc) is 2.93.